The third kappa shape index (κ3) is 3.44. The number of aromatic nitrogens is 3. The second kappa shape index (κ2) is 6.28. The number of rotatable bonds is 5. The summed E-state index contributed by atoms with van der Waals surface area (Å²) < 4.78 is 1.97. The summed E-state index contributed by atoms with van der Waals surface area (Å²) in [6, 6.07) is 9.42. The van der Waals surface area contributed by atoms with E-state index in [2.05, 4.69) is 29.1 Å². The lowest BCUT2D eigenvalue weighted by Gasteiger charge is -2.20. The molecule has 0 fully saturated rings. The van der Waals surface area contributed by atoms with Crippen LogP contribution in [0.5, 0.6) is 0 Å². The lowest BCUT2D eigenvalue weighted by molar-refractivity contribution is -0.119. The van der Waals surface area contributed by atoms with E-state index in [9.17, 15) is 4.79 Å². The zero-order chi connectivity index (χ0) is 16.4. The van der Waals surface area contributed by atoms with Gasteiger partial charge in [0.1, 0.15) is 11.9 Å². The lowest BCUT2D eigenvalue weighted by atomic mass is 10.0. The third-order valence-electron chi connectivity index (χ3n) is 3.85. The van der Waals surface area contributed by atoms with Crippen LogP contribution < -0.4 is 5.32 Å². The molecule has 0 aliphatic carbocycles. The molecule has 0 saturated heterocycles. The molecule has 0 aliphatic rings. The summed E-state index contributed by atoms with van der Waals surface area (Å²) in [5.74, 6) is 1.31. The fourth-order valence-corrected chi connectivity index (χ4v) is 2.81. The van der Waals surface area contributed by atoms with Crippen molar-refractivity contribution in [1.29, 1.82) is 0 Å². The smallest absolute Gasteiger partial charge is 0.247 e. The van der Waals surface area contributed by atoms with E-state index in [1.807, 2.05) is 54.2 Å². The molecular weight excluding hydrogens is 288 g/mol. The molecule has 1 aromatic carbocycles. The summed E-state index contributed by atoms with van der Waals surface area (Å²) in [6.07, 6.45) is 4.67. The van der Waals surface area contributed by atoms with E-state index in [0.29, 0.717) is 5.92 Å². The highest BCUT2D eigenvalue weighted by Gasteiger charge is 2.21. The van der Waals surface area contributed by atoms with Gasteiger partial charge < -0.3 is 14.9 Å². The topological polar surface area (TPSA) is 62.7 Å². The largest absolute Gasteiger partial charge is 0.342 e. The molecule has 2 aromatic heterocycles. The minimum atomic E-state index is -0.204. The average molecular weight is 310 g/mol. The third-order valence-corrected chi connectivity index (χ3v) is 3.85. The van der Waals surface area contributed by atoms with Gasteiger partial charge in [-0.05, 0) is 49.6 Å². The Morgan fingerprint density at radius 1 is 1.30 bits per heavy atom. The maximum atomic E-state index is 12.7. The van der Waals surface area contributed by atoms with Crippen molar-refractivity contribution in [2.45, 2.75) is 33.2 Å². The molecule has 2 N–H and O–H groups in total. The van der Waals surface area contributed by atoms with Crippen LogP contribution in [0, 0.1) is 12.8 Å². The van der Waals surface area contributed by atoms with Crippen molar-refractivity contribution in [2.75, 3.05) is 5.32 Å². The minimum absolute atomic E-state index is 0.00508. The first-order valence-corrected chi connectivity index (χ1v) is 7.92. The van der Waals surface area contributed by atoms with Crippen LogP contribution in [-0.2, 0) is 4.79 Å². The molecule has 2 heterocycles. The molecule has 1 amide bonds. The van der Waals surface area contributed by atoms with Crippen LogP contribution in [0.3, 0.4) is 0 Å². The zero-order valence-corrected chi connectivity index (χ0v) is 13.7. The predicted octanol–water partition coefficient (Wildman–Crippen LogP) is 3.90. The van der Waals surface area contributed by atoms with Crippen molar-refractivity contribution < 1.29 is 4.79 Å². The van der Waals surface area contributed by atoms with Gasteiger partial charge in [-0.1, -0.05) is 13.8 Å². The molecule has 5 heteroatoms. The number of aromatic amines is 1. The first-order valence-electron chi connectivity index (χ1n) is 7.92. The number of nitrogens with zero attached hydrogens (tertiary/aromatic N) is 2. The second-order valence-electron chi connectivity index (χ2n) is 6.32. The Morgan fingerprint density at radius 3 is 2.74 bits per heavy atom. The number of hydrogen-bond acceptors (Lipinski definition) is 2. The van der Waals surface area contributed by atoms with Crippen molar-refractivity contribution in [3.05, 3.63) is 48.5 Å². The van der Waals surface area contributed by atoms with Crippen LogP contribution in [-0.4, -0.2) is 20.4 Å². The van der Waals surface area contributed by atoms with Gasteiger partial charge in [-0.15, -0.1) is 0 Å². The molecule has 0 spiro atoms. The van der Waals surface area contributed by atoms with E-state index in [1.165, 1.54) is 0 Å². The van der Waals surface area contributed by atoms with Crippen molar-refractivity contribution in [2.24, 2.45) is 5.92 Å². The molecule has 23 heavy (non-hydrogen) atoms. The zero-order valence-electron chi connectivity index (χ0n) is 13.7. The number of fused-ring (bicyclic) bond motifs is 1. The summed E-state index contributed by atoms with van der Waals surface area (Å²) in [7, 11) is 0. The van der Waals surface area contributed by atoms with E-state index in [0.717, 1.165) is 29.0 Å². The summed E-state index contributed by atoms with van der Waals surface area (Å²) in [5.41, 5.74) is 2.62. The van der Waals surface area contributed by atoms with Gasteiger partial charge >= 0.3 is 0 Å². The van der Waals surface area contributed by atoms with Crippen LogP contribution in [0.1, 0.15) is 32.1 Å². The number of amides is 1. The molecule has 120 valence electrons. The number of hydrogen-bond donors (Lipinski definition) is 2. The normalized spacial score (nSPS) is 12.7. The van der Waals surface area contributed by atoms with Gasteiger partial charge in [0.15, 0.2) is 0 Å². The molecule has 5 nitrogen and oxygen atoms in total. The minimum Gasteiger partial charge on any atom is -0.342 e. The van der Waals surface area contributed by atoms with Gasteiger partial charge in [0, 0.05) is 18.1 Å². The highest BCUT2D eigenvalue weighted by molar-refractivity contribution is 5.95. The number of aryl methyl sites for hydroxylation is 1. The summed E-state index contributed by atoms with van der Waals surface area (Å²) >= 11 is 0. The summed E-state index contributed by atoms with van der Waals surface area (Å²) in [5, 5.41) is 3.03. The van der Waals surface area contributed by atoms with E-state index < -0.39 is 0 Å². The summed E-state index contributed by atoms with van der Waals surface area (Å²) in [4.78, 5) is 20.3. The van der Waals surface area contributed by atoms with Crippen molar-refractivity contribution in [3.63, 3.8) is 0 Å². The standard InChI is InChI=1S/C18H22N4O/c1-12(2)10-17(22-8-4-5-9-22)18(23)21-14-6-7-15-16(11-14)20-13(3)19-15/h4-9,11-12,17H,10H2,1-3H3,(H,19,20)(H,21,23)/t17-/m0/s1. The van der Waals surface area contributed by atoms with E-state index in [4.69, 9.17) is 0 Å². The number of imidazole rings is 1. The number of nitrogens with one attached hydrogen (secondary N) is 2. The van der Waals surface area contributed by atoms with Crippen LogP contribution >= 0.6 is 0 Å². The highest BCUT2D eigenvalue weighted by atomic mass is 16.2. The molecule has 1 atom stereocenters. The fraction of sp³-hybridized carbons (Fsp3) is 0.333. The first kappa shape index (κ1) is 15.3. The molecule has 0 unspecified atom stereocenters. The SMILES string of the molecule is Cc1nc2ccc(NC(=O)[C@H](CC(C)C)n3cccc3)cc2[nH]1. The Morgan fingerprint density at radius 2 is 2.04 bits per heavy atom. The van der Waals surface area contributed by atoms with Crippen LogP contribution in [0.2, 0.25) is 0 Å². The number of benzene rings is 1. The van der Waals surface area contributed by atoms with Crippen LogP contribution in [0.4, 0.5) is 5.69 Å². The Balaban J connectivity index is 1.82. The van der Waals surface area contributed by atoms with E-state index in [1.54, 1.807) is 0 Å². The number of carbonyl (C=O) groups excluding carboxylic acids is 1. The predicted molar refractivity (Wildman–Crippen MR) is 92.4 cm³/mol. The van der Waals surface area contributed by atoms with E-state index in [-0.39, 0.29) is 11.9 Å². The number of H-pyrrole nitrogens is 1. The quantitative estimate of drug-likeness (QED) is 0.750. The van der Waals surface area contributed by atoms with Gasteiger partial charge in [-0.3, -0.25) is 4.79 Å². The monoisotopic (exact) mass is 310 g/mol. The Hall–Kier alpha value is -2.56. The molecular formula is C18H22N4O. The van der Waals surface area contributed by atoms with Gasteiger partial charge in [0.25, 0.3) is 0 Å². The van der Waals surface area contributed by atoms with Crippen LogP contribution in [0.25, 0.3) is 11.0 Å². The lowest BCUT2D eigenvalue weighted by Crippen LogP contribution is -2.26. The van der Waals surface area contributed by atoms with Crippen molar-refractivity contribution in [1.82, 2.24) is 14.5 Å². The molecule has 3 rings (SSSR count). The Bertz CT molecular complexity index is 802. The molecule has 0 bridgehead atoms. The van der Waals surface area contributed by atoms with E-state index >= 15 is 0 Å². The number of anilines is 1. The molecule has 3 aromatic rings. The molecule has 0 aliphatic heterocycles. The molecule has 0 saturated carbocycles. The Kier molecular flexibility index (Phi) is 4.19. The molecule has 0 radical (unpaired) electrons. The van der Waals surface area contributed by atoms with Gasteiger partial charge in [-0.2, -0.15) is 0 Å². The first-order chi connectivity index (χ1) is 11.0. The highest BCUT2D eigenvalue weighted by Crippen LogP contribution is 2.22. The number of carbonyl (C=O) groups is 1. The Labute approximate surface area is 135 Å². The fourth-order valence-electron chi connectivity index (χ4n) is 2.81. The second-order valence-corrected chi connectivity index (χ2v) is 6.32. The van der Waals surface area contributed by atoms with Gasteiger partial charge in [0.2, 0.25) is 5.91 Å². The van der Waals surface area contributed by atoms with Crippen molar-refractivity contribution >= 4 is 22.6 Å². The maximum absolute atomic E-state index is 12.7. The summed E-state index contributed by atoms with van der Waals surface area (Å²) in [6.45, 7) is 6.18. The van der Waals surface area contributed by atoms with Gasteiger partial charge in [-0.25, -0.2) is 4.98 Å². The van der Waals surface area contributed by atoms with Crippen molar-refractivity contribution in [3.8, 4) is 0 Å². The van der Waals surface area contributed by atoms with Crippen LogP contribution in [0.15, 0.2) is 42.7 Å². The van der Waals surface area contributed by atoms with Gasteiger partial charge in [0.05, 0.1) is 11.0 Å². The maximum Gasteiger partial charge on any atom is 0.247 e. The average Bonchev–Trinajstić information content (AvgIpc) is 3.12.